The fraction of sp³-hybridized carbons (Fsp3) is 0.167. The molecule has 1 aromatic carbocycles. The molecule has 0 saturated heterocycles. The van der Waals surface area contributed by atoms with Crippen molar-refractivity contribution in [3.8, 4) is 0 Å². The number of nitrogens with zero attached hydrogens (tertiary/aromatic N) is 1. The molecule has 0 atom stereocenters. The maximum atomic E-state index is 11.5. The predicted molar refractivity (Wildman–Crippen MR) is 62.0 cm³/mol. The van der Waals surface area contributed by atoms with E-state index in [1.807, 2.05) is 24.3 Å². The third kappa shape index (κ3) is 2.92. The van der Waals surface area contributed by atoms with Crippen molar-refractivity contribution < 1.29 is 9.32 Å². The Kier molecular flexibility index (Phi) is 3.52. The highest BCUT2D eigenvalue weighted by Crippen LogP contribution is 2.04. The highest BCUT2D eigenvalue weighted by Gasteiger charge is 2.08. The van der Waals surface area contributed by atoms with Crippen molar-refractivity contribution in [3.63, 3.8) is 0 Å². The van der Waals surface area contributed by atoms with E-state index in [-0.39, 0.29) is 11.7 Å². The Bertz CT molecular complexity index is 477. The molecule has 88 valence electrons. The van der Waals surface area contributed by atoms with Crippen LogP contribution >= 0.6 is 0 Å². The molecule has 2 aromatic rings. The van der Waals surface area contributed by atoms with Crippen LogP contribution < -0.4 is 11.1 Å². The Morgan fingerprint density at radius 2 is 1.94 bits per heavy atom. The predicted octanol–water partition coefficient (Wildman–Crippen LogP) is 1.06. The van der Waals surface area contributed by atoms with E-state index in [4.69, 9.17) is 10.3 Å². The molecule has 0 unspecified atom stereocenters. The first-order chi connectivity index (χ1) is 8.29. The second-order valence-corrected chi connectivity index (χ2v) is 3.58. The summed E-state index contributed by atoms with van der Waals surface area (Å²) in [7, 11) is 0. The normalized spacial score (nSPS) is 10.2. The van der Waals surface area contributed by atoms with Gasteiger partial charge in [0.2, 0.25) is 5.76 Å². The number of hydrogen-bond acceptors (Lipinski definition) is 4. The lowest BCUT2D eigenvalue weighted by molar-refractivity contribution is 0.0914. The van der Waals surface area contributed by atoms with Gasteiger partial charge in [-0.3, -0.25) is 4.79 Å². The Morgan fingerprint density at radius 3 is 2.53 bits per heavy atom. The number of amides is 1. The summed E-state index contributed by atoms with van der Waals surface area (Å²) in [6.07, 6.45) is 1.44. The lowest BCUT2D eigenvalue weighted by Gasteiger charge is -2.04. The molecule has 0 spiro atoms. The lowest BCUT2D eigenvalue weighted by atomic mass is 10.1. The zero-order chi connectivity index (χ0) is 12.1. The number of nitrogens with two attached hydrogens (primary N) is 1. The van der Waals surface area contributed by atoms with Gasteiger partial charge >= 0.3 is 0 Å². The average Bonchev–Trinajstić information content (AvgIpc) is 2.90. The largest absolute Gasteiger partial charge is 0.351 e. The molecule has 0 radical (unpaired) electrons. The van der Waals surface area contributed by atoms with Crippen LogP contribution in [0.3, 0.4) is 0 Å². The summed E-state index contributed by atoms with van der Waals surface area (Å²) in [6, 6.07) is 9.27. The molecule has 1 heterocycles. The van der Waals surface area contributed by atoms with Crippen LogP contribution in [-0.2, 0) is 13.1 Å². The molecule has 17 heavy (non-hydrogen) atoms. The number of carbonyl (C=O) groups excluding carboxylic acids is 1. The van der Waals surface area contributed by atoms with Crippen LogP contribution in [0.25, 0.3) is 0 Å². The van der Waals surface area contributed by atoms with Crippen molar-refractivity contribution in [3.05, 3.63) is 53.4 Å². The molecule has 0 aliphatic carbocycles. The molecule has 0 fully saturated rings. The number of rotatable bonds is 4. The van der Waals surface area contributed by atoms with E-state index in [1.165, 1.54) is 12.3 Å². The van der Waals surface area contributed by atoms with Gasteiger partial charge in [-0.1, -0.05) is 29.4 Å². The van der Waals surface area contributed by atoms with Gasteiger partial charge in [0.15, 0.2) is 0 Å². The Hall–Kier alpha value is -2.14. The Labute approximate surface area is 98.6 Å². The average molecular weight is 231 g/mol. The number of benzene rings is 1. The van der Waals surface area contributed by atoms with E-state index in [1.54, 1.807) is 0 Å². The molecular weight excluding hydrogens is 218 g/mol. The van der Waals surface area contributed by atoms with Gasteiger partial charge in [-0.2, -0.15) is 0 Å². The van der Waals surface area contributed by atoms with Crippen LogP contribution in [0.15, 0.2) is 41.1 Å². The first kappa shape index (κ1) is 11.3. The van der Waals surface area contributed by atoms with Gasteiger partial charge < -0.3 is 15.6 Å². The van der Waals surface area contributed by atoms with Crippen molar-refractivity contribution in [2.24, 2.45) is 5.73 Å². The van der Waals surface area contributed by atoms with Crippen molar-refractivity contribution in [1.82, 2.24) is 10.5 Å². The third-order valence-corrected chi connectivity index (χ3v) is 2.37. The number of aromatic nitrogens is 1. The number of nitrogens with one attached hydrogen (secondary N) is 1. The van der Waals surface area contributed by atoms with Gasteiger partial charge in [0.05, 0.1) is 6.20 Å². The van der Waals surface area contributed by atoms with E-state index in [0.717, 1.165) is 11.1 Å². The van der Waals surface area contributed by atoms with Crippen LogP contribution in [0, 0.1) is 0 Å². The van der Waals surface area contributed by atoms with Crippen LogP contribution in [0.5, 0.6) is 0 Å². The first-order valence-corrected chi connectivity index (χ1v) is 5.26. The zero-order valence-electron chi connectivity index (χ0n) is 9.22. The van der Waals surface area contributed by atoms with E-state index in [9.17, 15) is 4.79 Å². The summed E-state index contributed by atoms with van der Waals surface area (Å²) >= 11 is 0. The van der Waals surface area contributed by atoms with Gasteiger partial charge in [0.25, 0.3) is 5.91 Å². The van der Waals surface area contributed by atoms with Crippen molar-refractivity contribution in [2.75, 3.05) is 0 Å². The fourth-order valence-corrected chi connectivity index (χ4v) is 1.40. The summed E-state index contributed by atoms with van der Waals surface area (Å²) in [4.78, 5) is 11.5. The van der Waals surface area contributed by atoms with Crippen molar-refractivity contribution >= 4 is 5.91 Å². The second kappa shape index (κ2) is 5.27. The lowest BCUT2D eigenvalue weighted by Crippen LogP contribution is -2.22. The van der Waals surface area contributed by atoms with Gasteiger partial charge in [0.1, 0.15) is 0 Å². The minimum absolute atomic E-state index is 0.212. The van der Waals surface area contributed by atoms with E-state index >= 15 is 0 Å². The van der Waals surface area contributed by atoms with Crippen LogP contribution in [0.1, 0.15) is 21.7 Å². The standard InChI is InChI=1S/C12H13N3O2/c13-7-9-1-3-10(4-2-9)8-14-12(16)11-5-6-15-17-11/h1-6H,7-8,13H2,(H,14,16). The molecule has 2 rings (SSSR count). The Balaban J connectivity index is 1.91. The molecule has 3 N–H and O–H groups in total. The quantitative estimate of drug-likeness (QED) is 0.824. The third-order valence-electron chi connectivity index (χ3n) is 2.37. The maximum Gasteiger partial charge on any atom is 0.290 e. The van der Waals surface area contributed by atoms with E-state index in [2.05, 4.69) is 10.5 Å². The number of carbonyl (C=O) groups is 1. The zero-order valence-corrected chi connectivity index (χ0v) is 9.22. The molecule has 0 aliphatic rings. The maximum absolute atomic E-state index is 11.5. The van der Waals surface area contributed by atoms with Crippen molar-refractivity contribution in [1.29, 1.82) is 0 Å². The molecule has 0 saturated carbocycles. The van der Waals surface area contributed by atoms with Crippen LogP contribution in [0.4, 0.5) is 0 Å². The first-order valence-electron chi connectivity index (χ1n) is 5.26. The summed E-state index contributed by atoms with van der Waals surface area (Å²) < 4.78 is 4.74. The highest BCUT2D eigenvalue weighted by atomic mass is 16.5. The minimum Gasteiger partial charge on any atom is -0.351 e. The molecule has 5 nitrogen and oxygen atoms in total. The van der Waals surface area contributed by atoms with Crippen LogP contribution in [0.2, 0.25) is 0 Å². The Morgan fingerprint density at radius 1 is 1.24 bits per heavy atom. The SMILES string of the molecule is NCc1ccc(CNC(=O)c2ccno2)cc1. The molecule has 5 heteroatoms. The summed E-state index contributed by atoms with van der Waals surface area (Å²) in [5.41, 5.74) is 7.57. The topological polar surface area (TPSA) is 81.1 Å². The summed E-state index contributed by atoms with van der Waals surface area (Å²) in [5.74, 6) is -0.0611. The fourth-order valence-electron chi connectivity index (χ4n) is 1.40. The summed E-state index contributed by atoms with van der Waals surface area (Å²) in [6.45, 7) is 0.967. The van der Waals surface area contributed by atoms with Crippen molar-refractivity contribution in [2.45, 2.75) is 13.1 Å². The minimum atomic E-state index is -0.273. The van der Waals surface area contributed by atoms with E-state index < -0.39 is 0 Å². The van der Waals surface area contributed by atoms with Crippen LogP contribution in [-0.4, -0.2) is 11.1 Å². The van der Waals surface area contributed by atoms with Gasteiger partial charge in [-0.15, -0.1) is 0 Å². The van der Waals surface area contributed by atoms with Gasteiger partial charge in [0, 0.05) is 19.2 Å². The summed E-state index contributed by atoms with van der Waals surface area (Å²) in [5, 5.41) is 6.21. The van der Waals surface area contributed by atoms with Gasteiger partial charge in [-0.05, 0) is 11.1 Å². The monoisotopic (exact) mass is 231 g/mol. The molecule has 1 amide bonds. The molecule has 0 aliphatic heterocycles. The molecule has 0 bridgehead atoms. The molecular formula is C12H13N3O2. The molecule has 1 aromatic heterocycles. The van der Waals surface area contributed by atoms with Gasteiger partial charge in [-0.25, -0.2) is 0 Å². The highest BCUT2D eigenvalue weighted by molar-refractivity contribution is 5.91. The number of hydrogen-bond donors (Lipinski definition) is 2. The van der Waals surface area contributed by atoms with E-state index in [0.29, 0.717) is 13.1 Å². The second-order valence-electron chi connectivity index (χ2n) is 3.58. The smallest absolute Gasteiger partial charge is 0.290 e.